The maximum Gasteiger partial charge on any atom is 0.258 e. The normalized spacial score (nSPS) is 10.3. The van der Waals surface area contributed by atoms with Crippen LogP contribution in [-0.2, 0) is 0 Å². The number of nitrogens with zero attached hydrogens (tertiary/aromatic N) is 2. The summed E-state index contributed by atoms with van der Waals surface area (Å²) in [6.07, 6.45) is 3.14. The van der Waals surface area contributed by atoms with Gasteiger partial charge in [-0.05, 0) is 36.4 Å². The summed E-state index contributed by atoms with van der Waals surface area (Å²) in [6.45, 7) is 0. The molecule has 0 spiro atoms. The first kappa shape index (κ1) is 13.1. The molecule has 0 aliphatic heterocycles. The van der Waals surface area contributed by atoms with E-state index in [1.807, 2.05) is 30.3 Å². The van der Waals surface area contributed by atoms with Crippen molar-refractivity contribution < 1.29 is 9.18 Å². The average molecular weight is 281 g/mol. The SMILES string of the molecule is O=C(Nc1ccc(F)cc1)c1cnn(-c2ccccc2)c1. The summed E-state index contributed by atoms with van der Waals surface area (Å²) in [6, 6.07) is 15.1. The molecular formula is C16H12FN3O. The van der Waals surface area contributed by atoms with Gasteiger partial charge in [0.1, 0.15) is 5.82 Å². The predicted molar refractivity (Wildman–Crippen MR) is 77.9 cm³/mol. The lowest BCUT2D eigenvalue weighted by molar-refractivity contribution is 0.102. The third-order valence-electron chi connectivity index (χ3n) is 2.97. The second kappa shape index (κ2) is 5.58. The highest BCUT2D eigenvalue weighted by molar-refractivity contribution is 6.03. The largest absolute Gasteiger partial charge is 0.322 e. The first-order chi connectivity index (χ1) is 10.2. The molecule has 0 aliphatic rings. The first-order valence-electron chi connectivity index (χ1n) is 6.39. The molecule has 0 saturated heterocycles. The van der Waals surface area contributed by atoms with Crippen molar-refractivity contribution in [2.75, 3.05) is 5.32 Å². The van der Waals surface area contributed by atoms with E-state index in [2.05, 4.69) is 10.4 Å². The molecule has 0 radical (unpaired) electrons. The Balaban J connectivity index is 1.77. The van der Waals surface area contributed by atoms with E-state index in [1.165, 1.54) is 30.5 Å². The number of halogens is 1. The van der Waals surface area contributed by atoms with Gasteiger partial charge in [-0.15, -0.1) is 0 Å². The molecule has 3 aromatic rings. The fourth-order valence-electron chi connectivity index (χ4n) is 1.90. The summed E-state index contributed by atoms with van der Waals surface area (Å²) in [5.41, 5.74) is 1.84. The van der Waals surface area contributed by atoms with Gasteiger partial charge < -0.3 is 5.32 Å². The van der Waals surface area contributed by atoms with Gasteiger partial charge in [-0.1, -0.05) is 18.2 Å². The monoisotopic (exact) mass is 281 g/mol. The van der Waals surface area contributed by atoms with Crippen molar-refractivity contribution >= 4 is 11.6 Å². The zero-order chi connectivity index (χ0) is 14.7. The Hall–Kier alpha value is -2.95. The van der Waals surface area contributed by atoms with Gasteiger partial charge >= 0.3 is 0 Å². The second-order valence-electron chi connectivity index (χ2n) is 4.47. The number of hydrogen-bond donors (Lipinski definition) is 1. The number of amides is 1. The van der Waals surface area contributed by atoms with E-state index in [9.17, 15) is 9.18 Å². The third kappa shape index (κ3) is 2.97. The summed E-state index contributed by atoms with van der Waals surface area (Å²) >= 11 is 0. The minimum absolute atomic E-state index is 0.288. The minimum atomic E-state index is -0.343. The van der Waals surface area contributed by atoms with Crippen LogP contribution in [0.15, 0.2) is 67.0 Å². The van der Waals surface area contributed by atoms with E-state index >= 15 is 0 Å². The van der Waals surface area contributed by atoms with Crippen LogP contribution in [0.5, 0.6) is 0 Å². The summed E-state index contributed by atoms with van der Waals surface area (Å²) in [5.74, 6) is -0.631. The fourth-order valence-corrected chi connectivity index (χ4v) is 1.90. The molecule has 1 amide bonds. The van der Waals surface area contributed by atoms with E-state index in [4.69, 9.17) is 0 Å². The Morgan fingerprint density at radius 3 is 2.48 bits per heavy atom. The second-order valence-corrected chi connectivity index (χ2v) is 4.47. The third-order valence-corrected chi connectivity index (χ3v) is 2.97. The molecular weight excluding hydrogens is 269 g/mol. The molecule has 5 heteroatoms. The van der Waals surface area contributed by atoms with Crippen LogP contribution in [0.2, 0.25) is 0 Å². The molecule has 0 unspecified atom stereocenters. The highest BCUT2D eigenvalue weighted by Gasteiger charge is 2.09. The molecule has 1 aromatic heterocycles. The molecule has 21 heavy (non-hydrogen) atoms. The van der Waals surface area contributed by atoms with Crippen LogP contribution >= 0.6 is 0 Å². The molecule has 2 aromatic carbocycles. The highest BCUT2D eigenvalue weighted by Crippen LogP contribution is 2.12. The Labute approximate surface area is 120 Å². The molecule has 104 valence electrons. The number of para-hydroxylation sites is 1. The molecule has 0 bridgehead atoms. The first-order valence-corrected chi connectivity index (χ1v) is 6.39. The molecule has 4 nitrogen and oxygen atoms in total. The van der Waals surface area contributed by atoms with Crippen LogP contribution in [0, 0.1) is 5.82 Å². The van der Waals surface area contributed by atoms with Gasteiger partial charge in [0.25, 0.3) is 5.91 Å². The summed E-state index contributed by atoms with van der Waals surface area (Å²) in [4.78, 5) is 12.1. The average Bonchev–Trinajstić information content (AvgIpc) is 3.00. The number of aromatic nitrogens is 2. The number of anilines is 1. The van der Waals surface area contributed by atoms with Crippen molar-refractivity contribution in [2.45, 2.75) is 0 Å². The quantitative estimate of drug-likeness (QED) is 0.801. The summed E-state index contributed by atoms with van der Waals surface area (Å²) in [7, 11) is 0. The highest BCUT2D eigenvalue weighted by atomic mass is 19.1. The molecule has 0 fully saturated rings. The molecule has 0 aliphatic carbocycles. The van der Waals surface area contributed by atoms with Crippen LogP contribution < -0.4 is 5.32 Å². The van der Waals surface area contributed by atoms with E-state index in [0.717, 1.165) is 5.69 Å². The maximum absolute atomic E-state index is 12.8. The number of rotatable bonds is 3. The molecule has 0 saturated carbocycles. The Morgan fingerprint density at radius 1 is 1.05 bits per heavy atom. The van der Waals surface area contributed by atoms with Crippen molar-refractivity contribution in [2.24, 2.45) is 0 Å². The van der Waals surface area contributed by atoms with E-state index in [-0.39, 0.29) is 11.7 Å². The number of carbonyl (C=O) groups is 1. The lowest BCUT2D eigenvalue weighted by Crippen LogP contribution is -2.11. The lowest BCUT2D eigenvalue weighted by atomic mass is 10.3. The fraction of sp³-hybridized carbons (Fsp3) is 0. The summed E-state index contributed by atoms with van der Waals surface area (Å²) < 4.78 is 14.4. The predicted octanol–water partition coefficient (Wildman–Crippen LogP) is 3.26. The zero-order valence-corrected chi connectivity index (χ0v) is 11.0. The Morgan fingerprint density at radius 2 is 1.76 bits per heavy atom. The van der Waals surface area contributed by atoms with Crippen molar-refractivity contribution in [3.8, 4) is 5.69 Å². The maximum atomic E-state index is 12.8. The Kier molecular flexibility index (Phi) is 3.47. The number of nitrogens with one attached hydrogen (secondary N) is 1. The van der Waals surface area contributed by atoms with Crippen LogP contribution in [0.25, 0.3) is 5.69 Å². The Bertz CT molecular complexity index is 751. The van der Waals surface area contributed by atoms with E-state index in [1.54, 1.807) is 10.9 Å². The van der Waals surface area contributed by atoms with Crippen LogP contribution in [0.3, 0.4) is 0 Å². The topological polar surface area (TPSA) is 46.9 Å². The lowest BCUT2D eigenvalue weighted by Gasteiger charge is -2.03. The van der Waals surface area contributed by atoms with Crippen molar-refractivity contribution in [1.82, 2.24) is 9.78 Å². The van der Waals surface area contributed by atoms with Crippen LogP contribution in [-0.4, -0.2) is 15.7 Å². The van der Waals surface area contributed by atoms with E-state index in [0.29, 0.717) is 11.3 Å². The molecule has 1 N–H and O–H groups in total. The summed E-state index contributed by atoms with van der Waals surface area (Å²) in [5, 5.41) is 6.85. The van der Waals surface area contributed by atoms with Crippen molar-refractivity contribution in [3.63, 3.8) is 0 Å². The van der Waals surface area contributed by atoms with Crippen molar-refractivity contribution in [3.05, 3.63) is 78.4 Å². The number of benzene rings is 2. The van der Waals surface area contributed by atoms with E-state index < -0.39 is 0 Å². The van der Waals surface area contributed by atoms with Gasteiger partial charge in [0.2, 0.25) is 0 Å². The van der Waals surface area contributed by atoms with Crippen LogP contribution in [0.4, 0.5) is 10.1 Å². The van der Waals surface area contributed by atoms with Gasteiger partial charge in [0, 0.05) is 11.9 Å². The standard InChI is InChI=1S/C16H12FN3O/c17-13-6-8-14(9-7-13)19-16(21)12-10-18-20(11-12)15-4-2-1-3-5-15/h1-11H,(H,19,21). The van der Waals surface area contributed by atoms with Gasteiger partial charge in [0.15, 0.2) is 0 Å². The van der Waals surface area contributed by atoms with Gasteiger partial charge in [-0.2, -0.15) is 5.10 Å². The minimum Gasteiger partial charge on any atom is -0.322 e. The molecule has 0 atom stereocenters. The number of carbonyl (C=O) groups excluding carboxylic acids is 1. The number of hydrogen-bond acceptors (Lipinski definition) is 2. The van der Waals surface area contributed by atoms with Crippen LogP contribution in [0.1, 0.15) is 10.4 Å². The molecule has 1 heterocycles. The molecule has 3 rings (SSSR count). The smallest absolute Gasteiger partial charge is 0.258 e. The zero-order valence-electron chi connectivity index (χ0n) is 11.0. The van der Waals surface area contributed by atoms with Gasteiger partial charge in [0.05, 0.1) is 17.4 Å². The van der Waals surface area contributed by atoms with Gasteiger partial charge in [-0.3, -0.25) is 4.79 Å². The van der Waals surface area contributed by atoms with Gasteiger partial charge in [-0.25, -0.2) is 9.07 Å². The van der Waals surface area contributed by atoms with Crippen molar-refractivity contribution in [1.29, 1.82) is 0 Å².